The molecule has 4 nitrogen and oxygen atoms in total. The van der Waals surface area contributed by atoms with Crippen molar-refractivity contribution in [2.75, 3.05) is 13.1 Å². The molecule has 2 atom stereocenters. The second-order valence-electron chi connectivity index (χ2n) is 6.46. The van der Waals surface area contributed by atoms with Crippen LogP contribution in [0.3, 0.4) is 0 Å². The van der Waals surface area contributed by atoms with Gasteiger partial charge in [0.2, 0.25) is 5.91 Å². The van der Waals surface area contributed by atoms with Crippen molar-refractivity contribution in [2.24, 2.45) is 0 Å². The molecule has 2 aliphatic heterocycles. The predicted octanol–water partition coefficient (Wildman–Crippen LogP) is 3.02. The molecule has 1 aromatic carbocycles. The molecule has 4 rings (SSSR count). The zero-order valence-corrected chi connectivity index (χ0v) is 13.0. The Labute approximate surface area is 130 Å². The first-order valence-corrected chi connectivity index (χ1v) is 8.25. The highest BCUT2D eigenvalue weighted by atomic mass is 16.3. The van der Waals surface area contributed by atoms with Gasteiger partial charge in [0, 0.05) is 37.0 Å². The summed E-state index contributed by atoms with van der Waals surface area (Å²) in [5.41, 5.74) is 0.963. The minimum absolute atomic E-state index is 0.292. The van der Waals surface area contributed by atoms with E-state index in [1.807, 2.05) is 25.1 Å². The van der Waals surface area contributed by atoms with Crippen LogP contribution in [0.15, 0.2) is 34.7 Å². The van der Waals surface area contributed by atoms with Crippen LogP contribution in [0.5, 0.6) is 0 Å². The van der Waals surface area contributed by atoms with Gasteiger partial charge in [0.25, 0.3) is 0 Å². The van der Waals surface area contributed by atoms with Gasteiger partial charge in [-0.05, 0) is 25.0 Å². The average molecular weight is 298 g/mol. The van der Waals surface area contributed by atoms with E-state index in [2.05, 4.69) is 21.9 Å². The van der Waals surface area contributed by atoms with Gasteiger partial charge in [-0.1, -0.05) is 25.1 Å². The normalized spacial score (nSPS) is 25.0. The highest BCUT2D eigenvalue weighted by molar-refractivity contribution is 5.77. The van der Waals surface area contributed by atoms with Crippen molar-refractivity contribution in [1.29, 1.82) is 0 Å². The first kappa shape index (κ1) is 13.8. The fourth-order valence-corrected chi connectivity index (χ4v) is 3.97. The van der Waals surface area contributed by atoms with Crippen LogP contribution in [0.25, 0.3) is 11.0 Å². The largest absolute Gasteiger partial charge is 0.460 e. The van der Waals surface area contributed by atoms with Gasteiger partial charge in [-0.25, -0.2) is 0 Å². The third-order valence-corrected chi connectivity index (χ3v) is 5.10. The Morgan fingerprint density at radius 1 is 1.23 bits per heavy atom. The van der Waals surface area contributed by atoms with E-state index in [1.165, 1.54) is 18.2 Å². The summed E-state index contributed by atoms with van der Waals surface area (Å²) < 4.78 is 5.97. The van der Waals surface area contributed by atoms with Crippen molar-refractivity contribution in [2.45, 2.75) is 44.8 Å². The molecular weight excluding hydrogens is 276 g/mol. The lowest BCUT2D eigenvalue weighted by Gasteiger charge is -2.40. The van der Waals surface area contributed by atoms with Crippen LogP contribution in [0.4, 0.5) is 0 Å². The number of rotatable bonds is 3. The maximum absolute atomic E-state index is 12.0. The summed E-state index contributed by atoms with van der Waals surface area (Å²) in [6, 6.07) is 11.3. The van der Waals surface area contributed by atoms with Crippen LogP contribution < -0.4 is 0 Å². The molecular formula is C18H22N2O2. The van der Waals surface area contributed by atoms with Crippen molar-refractivity contribution in [3.63, 3.8) is 0 Å². The van der Waals surface area contributed by atoms with E-state index >= 15 is 0 Å². The monoisotopic (exact) mass is 298 g/mol. The van der Waals surface area contributed by atoms with Crippen LogP contribution >= 0.6 is 0 Å². The SMILES string of the molecule is CCC(=O)N1C[C@H]2CC[C@@H](C1)N2Cc1cc2ccccc2o1. The Morgan fingerprint density at radius 3 is 2.64 bits per heavy atom. The number of nitrogens with zero attached hydrogens (tertiary/aromatic N) is 2. The molecule has 2 bridgehead atoms. The van der Waals surface area contributed by atoms with E-state index in [0.29, 0.717) is 24.4 Å². The minimum atomic E-state index is 0.292. The standard InChI is InChI=1S/C18H22N2O2/c1-2-18(21)19-10-14-7-8-15(11-19)20(14)12-16-9-13-5-3-4-6-17(13)22-16/h3-6,9,14-15H,2,7-8,10-12H2,1H3/t14-,15+. The minimum Gasteiger partial charge on any atom is -0.460 e. The summed E-state index contributed by atoms with van der Waals surface area (Å²) in [5, 5.41) is 1.17. The van der Waals surface area contributed by atoms with Gasteiger partial charge in [-0.2, -0.15) is 0 Å². The topological polar surface area (TPSA) is 36.7 Å². The lowest BCUT2D eigenvalue weighted by Crippen LogP contribution is -2.54. The Kier molecular flexibility index (Phi) is 3.41. The molecule has 2 fully saturated rings. The number of furan rings is 1. The quantitative estimate of drug-likeness (QED) is 0.874. The maximum Gasteiger partial charge on any atom is 0.222 e. The zero-order valence-electron chi connectivity index (χ0n) is 13.0. The molecule has 4 heteroatoms. The third kappa shape index (κ3) is 2.31. The van der Waals surface area contributed by atoms with Gasteiger partial charge in [-0.15, -0.1) is 0 Å². The molecule has 0 unspecified atom stereocenters. The second kappa shape index (κ2) is 5.43. The van der Waals surface area contributed by atoms with Crippen molar-refractivity contribution >= 4 is 16.9 Å². The smallest absolute Gasteiger partial charge is 0.222 e. The van der Waals surface area contributed by atoms with E-state index < -0.39 is 0 Å². The van der Waals surface area contributed by atoms with Crippen LogP contribution in [-0.4, -0.2) is 40.9 Å². The number of hydrogen-bond acceptors (Lipinski definition) is 3. The molecule has 22 heavy (non-hydrogen) atoms. The van der Waals surface area contributed by atoms with Crippen LogP contribution in [0.2, 0.25) is 0 Å². The lowest BCUT2D eigenvalue weighted by molar-refractivity contribution is -0.134. The Morgan fingerprint density at radius 2 is 1.95 bits per heavy atom. The molecule has 0 radical (unpaired) electrons. The molecule has 2 aromatic rings. The number of amides is 1. The first-order valence-electron chi connectivity index (χ1n) is 8.25. The summed E-state index contributed by atoms with van der Waals surface area (Å²) in [6.07, 6.45) is 3.00. The number of hydrogen-bond donors (Lipinski definition) is 0. The van der Waals surface area contributed by atoms with Gasteiger partial charge in [0.15, 0.2) is 0 Å². The van der Waals surface area contributed by atoms with Gasteiger partial charge in [-0.3, -0.25) is 9.69 Å². The van der Waals surface area contributed by atoms with Crippen LogP contribution in [0.1, 0.15) is 31.9 Å². The molecule has 1 amide bonds. The van der Waals surface area contributed by atoms with Crippen molar-refractivity contribution in [3.8, 4) is 0 Å². The molecule has 3 heterocycles. The maximum atomic E-state index is 12.0. The number of piperazine rings is 1. The molecule has 0 aliphatic carbocycles. The van der Waals surface area contributed by atoms with E-state index in [0.717, 1.165) is 31.0 Å². The van der Waals surface area contributed by atoms with Crippen molar-refractivity contribution < 1.29 is 9.21 Å². The van der Waals surface area contributed by atoms with Gasteiger partial charge < -0.3 is 9.32 Å². The molecule has 2 aliphatic rings. The molecule has 2 saturated heterocycles. The third-order valence-electron chi connectivity index (χ3n) is 5.10. The highest BCUT2D eigenvalue weighted by Crippen LogP contribution is 2.32. The molecule has 0 spiro atoms. The number of carbonyl (C=O) groups excluding carboxylic acids is 1. The number of fused-ring (bicyclic) bond motifs is 3. The van der Waals surface area contributed by atoms with Crippen LogP contribution in [-0.2, 0) is 11.3 Å². The summed E-state index contributed by atoms with van der Waals surface area (Å²) in [5.74, 6) is 1.33. The molecule has 0 N–H and O–H groups in total. The Balaban J connectivity index is 1.51. The van der Waals surface area contributed by atoms with Crippen molar-refractivity contribution in [3.05, 3.63) is 36.1 Å². The highest BCUT2D eigenvalue weighted by Gasteiger charge is 2.41. The first-order chi connectivity index (χ1) is 10.7. The zero-order chi connectivity index (χ0) is 15.1. The van der Waals surface area contributed by atoms with Crippen LogP contribution in [0, 0.1) is 0 Å². The molecule has 0 saturated carbocycles. The van der Waals surface area contributed by atoms with Crippen molar-refractivity contribution in [1.82, 2.24) is 9.80 Å². The number of para-hydroxylation sites is 1. The number of benzene rings is 1. The summed E-state index contributed by atoms with van der Waals surface area (Å²) in [4.78, 5) is 16.5. The second-order valence-corrected chi connectivity index (χ2v) is 6.46. The summed E-state index contributed by atoms with van der Waals surface area (Å²) in [6.45, 7) is 4.57. The van der Waals surface area contributed by atoms with E-state index in [-0.39, 0.29) is 0 Å². The number of likely N-dealkylation sites (tertiary alicyclic amines) is 1. The number of carbonyl (C=O) groups is 1. The molecule has 1 aromatic heterocycles. The lowest BCUT2D eigenvalue weighted by atomic mass is 10.1. The summed E-state index contributed by atoms with van der Waals surface area (Å²) in [7, 11) is 0. The van der Waals surface area contributed by atoms with Gasteiger partial charge in [0.1, 0.15) is 11.3 Å². The molecule has 116 valence electrons. The van der Waals surface area contributed by atoms with Gasteiger partial charge in [0.05, 0.1) is 6.54 Å². The fourth-order valence-electron chi connectivity index (χ4n) is 3.97. The summed E-state index contributed by atoms with van der Waals surface area (Å²) >= 11 is 0. The Bertz CT molecular complexity index is 646. The predicted molar refractivity (Wildman–Crippen MR) is 85.4 cm³/mol. The average Bonchev–Trinajstić information content (AvgIpc) is 3.03. The van der Waals surface area contributed by atoms with E-state index in [1.54, 1.807) is 0 Å². The fraction of sp³-hybridized carbons (Fsp3) is 0.500. The Hall–Kier alpha value is -1.81. The van der Waals surface area contributed by atoms with Gasteiger partial charge >= 0.3 is 0 Å². The van der Waals surface area contributed by atoms with E-state index in [9.17, 15) is 4.79 Å². The van der Waals surface area contributed by atoms with E-state index in [4.69, 9.17) is 4.42 Å².